The van der Waals surface area contributed by atoms with Crippen molar-refractivity contribution in [3.63, 3.8) is 0 Å². The summed E-state index contributed by atoms with van der Waals surface area (Å²) >= 11 is 0. The fraction of sp³-hybridized carbons (Fsp3) is 0.357. The van der Waals surface area contributed by atoms with Crippen LogP contribution in [0.2, 0.25) is 0 Å². The van der Waals surface area contributed by atoms with E-state index < -0.39 is 61.7 Å². The molecule has 0 spiro atoms. The molecule has 57 heavy (non-hydrogen) atoms. The first-order valence-electron chi connectivity index (χ1n) is 18.1. The highest BCUT2D eigenvalue weighted by Gasteiger charge is 2.51. The Labute approximate surface area is 332 Å². The number of amides is 1. The molecule has 0 aliphatic rings. The van der Waals surface area contributed by atoms with Crippen LogP contribution in [-0.4, -0.2) is 87.2 Å². The Hall–Kier alpha value is -4.76. The third kappa shape index (κ3) is 14.0. The SMILES string of the molecule is COC(=O)C(=O)O[C@@H]([C@@H](NC(C)=O)[C@@H](OCc1ccccc1)[C@@H](O)P(=O)(OC)OC)[C@H](OCc1ccccc1)[C@@H](COCc1ccccc1)OCc1ccccc1. The first-order chi connectivity index (χ1) is 27.6. The summed E-state index contributed by atoms with van der Waals surface area (Å²) in [4.78, 5) is 39.3. The van der Waals surface area contributed by atoms with Gasteiger partial charge in [-0.05, 0) is 22.3 Å². The van der Waals surface area contributed by atoms with Crippen molar-refractivity contribution in [2.24, 2.45) is 0 Å². The summed E-state index contributed by atoms with van der Waals surface area (Å²) in [6, 6.07) is 34.9. The van der Waals surface area contributed by atoms with E-state index in [0.717, 1.165) is 32.5 Å². The Balaban J connectivity index is 1.89. The van der Waals surface area contributed by atoms with Crippen LogP contribution >= 0.6 is 7.60 Å². The summed E-state index contributed by atoms with van der Waals surface area (Å²) in [7, 11) is -1.26. The highest BCUT2D eigenvalue weighted by atomic mass is 31.2. The fourth-order valence-electron chi connectivity index (χ4n) is 5.86. The number of methoxy groups -OCH3 is 1. The third-order valence-electron chi connectivity index (χ3n) is 8.76. The molecule has 14 nitrogen and oxygen atoms in total. The summed E-state index contributed by atoms with van der Waals surface area (Å²) in [5.41, 5.74) is 3.00. The van der Waals surface area contributed by atoms with E-state index >= 15 is 0 Å². The summed E-state index contributed by atoms with van der Waals surface area (Å²) < 4.78 is 60.5. The topological polar surface area (TPSA) is 174 Å². The van der Waals surface area contributed by atoms with Crippen LogP contribution in [0.3, 0.4) is 0 Å². The smallest absolute Gasteiger partial charge is 0.417 e. The van der Waals surface area contributed by atoms with Crippen molar-refractivity contribution >= 4 is 25.4 Å². The number of ether oxygens (including phenoxy) is 6. The Kier molecular flexibility index (Phi) is 18.5. The number of aliphatic hydroxyl groups excluding tert-OH is 1. The molecule has 4 aromatic rings. The van der Waals surface area contributed by atoms with Gasteiger partial charge in [0.05, 0.1) is 46.2 Å². The van der Waals surface area contributed by atoms with E-state index in [1.807, 2.05) is 91.0 Å². The standard InChI is InChI=1S/C42H50NO13P/c1-30(44)43-36(39(42(47)57(48,50-3)51-4)55-28-34-23-15-8-16-24-34)38(56-41(46)40(45)49-2)37(54-27-33-21-13-7-14-22-33)35(53-26-32-19-11-6-12-20-32)29-52-25-31-17-9-5-10-18-31/h5-24,35-39,42,47H,25-29H2,1-4H3,(H,43,44)/t35-,36-,37-,38+,39-,42+/m1/s1. The van der Waals surface area contributed by atoms with Gasteiger partial charge in [0.25, 0.3) is 0 Å². The highest BCUT2D eigenvalue weighted by molar-refractivity contribution is 7.54. The number of esters is 2. The van der Waals surface area contributed by atoms with Gasteiger partial charge in [0, 0.05) is 21.1 Å². The van der Waals surface area contributed by atoms with Crippen molar-refractivity contribution in [2.75, 3.05) is 27.9 Å². The molecule has 0 heterocycles. The molecule has 0 saturated carbocycles. The van der Waals surface area contributed by atoms with Crippen LogP contribution in [0.1, 0.15) is 29.2 Å². The maximum atomic E-state index is 13.9. The van der Waals surface area contributed by atoms with Gasteiger partial charge in [0.15, 0.2) is 11.9 Å². The molecule has 1 amide bonds. The molecule has 2 N–H and O–H groups in total. The van der Waals surface area contributed by atoms with Gasteiger partial charge in [0.2, 0.25) is 5.91 Å². The molecule has 0 aromatic heterocycles. The van der Waals surface area contributed by atoms with Crippen LogP contribution in [0.15, 0.2) is 121 Å². The first kappa shape index (κ1) is 44.9. The molecule has 0 radical (unpaired) electrons. The van der Waals surface area contributed by atoms with E-state index in [9.17, 15) is 24.1 Å². The van der Waals surface area contributed by atoms with Gasteiger partial charge in [-0.2, -0.15) is 0 Å². The van der Waals surface area contributed by atoms with E-state index in [2.05, 4.69) is 5.32 Å². The van der Waals surface area contributed by atoms with E-state index in [-0.39, 0.29) is 33.0 Å². The maximum Gasteiger partial charge on any atom is 0.417 e. The van der Waals surface area contributed by atoms with Gasteiger partial charge in [-0.3, -0.25) is 9.36 Å². The Bertz CT molecular complexity index is 1830. The monoisotopic (exact) mass is 807 g/mol. The summed E-state index contributed by atoms with van der Waals surface area (Å²) in [6.07, 6.45) is -5.94. The molecule has 0 unspecified atom stereocenters. The third-order valence-corrected chi connectivity index (χ3v) is 10.7. The van der Waals surface area contributed by atoms with Crippen LogP contribution in [-0.2, 0) is 82.8 Å². The van der Waals surface area contributed by atoms with Crippen LogP contribution < -0.4 is 5.32 Å². The van der Waals surface area contributed by atoms with Crippen molar-refractivity contribution in [1.29, 1.82) is 0 Å². The van der Waals surface area contributed by atoms with Crippen LogP contribution in [0.5, 0.6) is 0 Å². The van der Waals surface area contributed by atoms with Crippen molar-refractivity contribution in [2.45, 2.75) is 69.7 Å². The molecule has 0 saturated heterocycles. The second-order valence-electron chi connectivity index (χ2n) is 12.8. The van der Waals surface area contributed by atoms with Gasteiger partial charge in [-0.25, -0.2) is 9.59 Å². The van der Waals surface area contributed by atoms with Crippen molar-refractivity contribution in [3.05, 3.63) is 144 Å². The second kappa shape index (κ2) is 23.5. The highest BCUT2D eigenvalue weighted by Crippen LogP contribution is 2.53. The number of aliphatic hydroxyl groups is 1. The quantitative estimate of drug-likeness (QED) is 0.0558. The predicted molar refractivity (Wildman–Crippen MR) is 208 cm³/mol. The minimum Gasteiger partial charge on any atom is -0.461 e. The average molecular weight is 808 g/mol. The number of nitrogens with one attached hydrogen (secondary N) is 1. The molecule has 6 atom stereocenters. The van der Waals surface area contributed by atoms with E-state index in [1.54, 1.807) is 30.3 Å². The Morgan fingerprint density at radius 2 is 1.02 bits per heavy atom. The van der Waals surface area contributed by atoms with Gasteiger partial charge < -0.3 is 47.9 Å². The van der Waals surface area contributed by atoms with Gasteiger partial charge in [0.1, 0.15) is 18.3 Å². The van der Waals surface area contributed by atoms with Crippen LogP contribution in [0.4, 0.5) is 0 Å². The zero-order valence-corrected chi connectivity index (χ0v) is 33.2. The average Bonchev–Trinajstić information content (AvgIpc) is 3.25. The minimum atomic E-state index is -4.42. The molecule has 4 aromatic carbocycles. The summed E-state index contributed by atoms with van der Waals surface area (Å²) in [5, 5.41) is 14.6. The number of hydrogen-bond acceptors (Lipinski definition) is 13. The lowest BCUT2D eigenvalue weighted by molar-refractivity contribution is -0.198. The molecule has 0 bridgehead atoms. The van der Waals surface area contributed by atoms with Gasteiger partial charge in [-0.1, -0.05) is 121 Å². The Morgan fingerprint density at radius 3 is 1.44 bits per heavy atom. The summed E-state index contributed by atoms with van der Waals surface area (Å²) in [6.45, 7) is 0.950. The van der Waals surface area contributed by atoms with Crippen LogP contribution in [0, 0.1) is 0 Å². The number of carbonyl (C=O) groups excluding carboxylic acids is 3. The predicted octanol–water partition coefficient (Wildman–Crippen LogP) is 5.35. The first-order valence-corrected chi connectivity index (χ1v) is 19.7. The largest absolute Gasteiger partial charge is 0.461 e. The molecule has 306 valence electrons. The Morgan fingerprint density at radius 1 is 0.596 bits per heavy atom. The molecule has 0 aliphatic carbocycles. The van der Waals surface area contributed by atoms with E-state index in [1.165, 1.54) is 6.92 Å². The normalized spacial score (nSPS) is 14.7. The molecule has 0 fully saturated rings. The minimum absolute atomic E-state index is 0.0347. The fourth-order valence-corrected chi connectivity index (χ4v) is 7.07. The number of rotatable bonds is 23. The molecule has 15 heteroatoms. The summed E-state index contributed by atoms with van der Waals surface area (Å²) in [5.74, 6) is -5.60. The lowest BCUT2D eigenvalue weighted by atomic mass is 9.95. The lowest BCUT2D eigenvalue weighted by Crippen LogP contribution is -2.62. The van der Waals surface area contributed by atoms with Crippen LogP contribution in [0.25, 0.3) is 0 Å². The number of carbonyl (C=O) groups is 3. The van der Waals surface area contributed by atoms with E-state index in [4.69, 9.17) is 37.5 Å². The molecule has 4 rings (SSSR count). The van der Waals surface area contributed by atoms with E-state index in [0.29, 0.717) is 11.1 Å². The molecular formula is C42H50NO13P. The molecular weight excluding hydrogens is 757 g/mol. The lowest BCUT2D eigenvalue weighted by Gasteiger charge is -2.41. The number of hydrogen-bond donors (Lipinski definition) is 2. The maximum absolute atomic E-state index is 13.9. The van der Waals surface area contributed by atoms with Crippen molar-refractivity contribution in [1.82, 2.24) is 5.32 Å². The van der Waals surface area contributed by atoms with Gasteiger partial charge >= 0.3 is 19.5 Å². The second-order valence-corrected chi connectivity index (χ2v) is 15.1. The van der Waals surface area contributed by atoms with Crippen molar-refractivity contribution < 1.29 is 61.5 Å². The zero-order valence-electron chi connectivity index (χ0n) is 32.3. The zero-order chi connectivity index (χ0) is 41.0. The van der Waals surface area contributed by atoms with Gasteiger partial charge in [-0.15, -0.1) is 0 Å². The number of benzene rings is 4. The van der Waals surface area contributed by atoms with Crippen molar-refractivity contribution in [3.8, 4) is 0 Å². The molecule has 0 aliphatic heterocycles.